The minimum Gasteiger partial charge on any atom is -0.372 e. The van der Waals surface area contributed by atoms with Gasteiger partial charge in [0.15, 0.2) is 5.75 Å². The highest BCUT2D eigenvalue weighted by atomic mass is 17.1. The Labute approximate surface area is 115 Å². The van der Waals surface area contributed by atoms with Gasteiger partial charge in [-0.15, -0.1) is 0 Å². The number of amides is 1. The lowest BCUT2D eigenvalue weighted by atomic mass is 9.87. The molecule has 0 spiro atoms. The smallest absolute Gasteiger partial charge is 0.241 e. The SMILES string of the molecule is O=C1C(c2ccccc2)C(O)N1c1ccc(OO)cc1. The van der Waals surface area contributed by atoms with E-state index in [0.29, 0.717) is 5.69 Å². The Balaban J connectivity index is 1.82. The largest absolute Gasteiger partial charge is 0.372 e. The monoisotopic (exact) mass is 271 g/mol. The lowest BCUT2D eigenvalue weighted by Crippen LogP contribution is -2.59. The first-order valence-electron chi connectivity index (χ1n) is 6.20. The number of nitrogens with zero attached hydrogens (tertiary/aromatic N) is 1. The van der Waals surface area contributed by atoms with Crippen LogP contribution in [0.1, 0.15) is 11.5 Å². The summed E-state index contributed by atoms with van der Waals surface area (Å²) in [4.78, 5) is 17.6. The van der Waals surface area contributed by atoms with Crippen molar-refractivity contribution >= 4 is 11.6 Å². The summed E-state index contributed by atoms with van der Waals surface area (Å²) >= 11 is 0. The Morgan fingerprint density at radius 3 is 2.20 bits per heavy atom. The van der Waals surface area contributed by atoms with E-state index in [2.05, 4.69) is 4.89 Å². The van der Waals surface area contributed by atoms with Gasteiger partial charge in [-0.3, -0.25) is 9.69 Å². The fourth-order valence-corrected chi connectivity index (χ4v) is 2.40. The van der Waals surface area contributed by atoms with Crippen molar-refractivity contribution in [2.75, 3.05) is 4.90 Å². The molecule has 102 valence electrons. The van der Waals surface area contributed by atoms with Crippen LogP contribution in [0.5, 0.6) is 5.75 Å². The molecule has 5 heteroatoms. The zero-order valence-electron chi connectivity index (χ0n) is 10.5. The van der Waals surface area contributed by atoms with E-state index < -0.39 is 12.1 Å². The van der Waals surface area contributed by atoms with E-state index in [9.17, 15) is 9.90 Å². The molecule has 0 saturated carbocycles. The Morgan fingerprint density at radius 2 is 1.65 bits per heavy atom. The fourth-order valence-electron chi connectivity index (χ4n) is 2.40. The predicted octanol–water partition coefficient (Wildman–Crippen LogP) is 1.99. The number of carbonyl (C=O) groups excluding carboxylic acids is 1. The van der Waals surface area contributed by atoms with Crippen LogP contribution in [0.25, 0.3) is 0 Å². The van der Waals surface area contributed by atoms with Crippen LogP contribution in [0.15, 0.2) is 54.6 Å². The predicted molar refractivity (Wildman–Crippen MR) is 72.4 cm³/mol. The van der Waals surface area contributed by atoms with E-state index in [1.54, 1.807) is 12.1 Å². The highest BCUT2D eigenvalue weighted by Gasteiger charge is 2.47. The Hall–Kier alpha value is -2.37. The molecule has 0 bridgehead atoms. The molecule has 2 unspecified atom stereocenters. The van der Waals surface area contributed by atoms with Gasteiger partial charge in [0.1, 0.15) is 12.1 Å². The summed E-state index contributed by atoms with van der Waals surface area (Å²) in [6.45, 7) is 0. The zero-order valence-corrected chi connectivity index (χ0v) is 10.5. The van der Waals surface area contributed by atoms with Crippen LogP contribution in [0.4, 0.5) is 5.69 Å². The molecule has 1 heterocycles. The van der Waals surface area contributed by atoms with Crippen LogP contribution in [-0.2, 0) is 4.79 Å². The number of rotatable bonds is 3. The second-order valence-electron chi connectivity index (χ2n) is 4.60. The number of carbonyl (C=O) groups is 1. The molecule has 1 aliphatic rings. The van der Waals surface area contributed by atoms with Gasteiger partial charge in [0, 0.05) is 5.69 Å². The van der Waals surface area contributed by atoms with Crippen molar-refractivity contribution < 1.29 is 20.0 Å². The van der Waals surface area contributed by atoms with Gasteiger partial charge < -0.3 is 9.99 Å². The van der Waals surface area contributed by atoms with E-state index in [1.807, 2.05) is 30.3 Å². The average Bonchev–Trinajstić information content (AvgIpc) is 2.49. The lowest BCUT2D eigenvalue weighted by molar-refractivity contribution is -0.137. The maximum Gasteiger partial charge on any atom is 0.241 e. The van der Waals surface area contributed by atoms with Crippen LogP contribution in [-0.4, -0.2) is 22.5 Å². The molecule has 5 nitrogen and oxygen atoms in total. The number of β-lactam (4-membered cyclic amide) rings is 1. The fraction of sp³-hybridized carbons (Fsp3) is 0.133. The molecule has 0 aromatic heterocycles. The van der Waals surface area contributed by atoms with Gasteiger partial charge in [0.05, 0.1) is 0 Å². The van der Waals surface area contributed by atoms with E-state index in [1.165, 1.54) is 17.0 Å². The van der Waals surface area contributed by atoms with Gasteiger partial charge >= 0.3 is 0 Å². The second kappa shape index (κ2) is 4.96. The molecule has 2 aromatic carbocycles. The summed E-state index contributed by atoms with van der Waals surface area (Å²) in [5.74, 6) is -0.401. The Kier molecular flexibility index (Phi) is 3.14. The summed E-state index contributed by atoms with van der Waals surface area (Å²) in [6, 6.07) is 15.4. The van der Waals surface area contributed by atoms with Crippen molar-refractivity contribution in [2.24, 2.45) is 0 Å². The van der Waals surface area contributed by atoms with Gasteiger partial charge in [0.2, 0.25) is 5.91 Å². The van der Waals surface area contributed by atoms with Crippen LogP contribution < -0.4 is 9.79 Å². The van der Waals surface area contributed by atoms with Crippen molar-refractivity contribution in [1.29, 1.82) is 0 Å². The quantitative estimate of drug-likeness (QED) is 0.509. The van der Waals surface area contributed by atoms with E-state index in [-0.39, 0.29) is 11.7 Å². The van der Waals surface area contributed by atoms with Crippen molar-refractivity contribution in [2.45, 2.75) is 12.1 Å². The molecule has 0 aliphatic carbocycles. The zero-order chi connectivity index (χ0) is 14.1. The van der Waals surface area contributed by atoms with E-state index >= 15 is 0 Å². The molecule has 1 aliphatic heterocycles. The third-order valence-corrected chi connectivity index (χ3v) is 3.45. The van der Waals surface area contributed by atoms with Crippen molar-refractivity contribution in [3.8, 4) is 5.75 Å². The summed E-state index contributed by atoms with van der Waals surface area (Å²) < 4.78 is 0. The molecular weight excluding hydrogens is 258 g/mol. The number of hydrogen-bond acceptors (Lipinski definition) is 4. The minimum atomic E-state index is -0.884. The highest BCUT2D eigenvalue weighted by Crippen LogP contribution is 2.38. The second-order valence-corrected chi connectivity index (χ2v) is 4.60. The van der Waals surface area contributed by atoms with Gasteiger partial charge in [-0.2, -0.15) is 0 Å². The van der Waals surface area contributed by atoms with Gasteiger partial charge in [-0.1, -0.05) is 30.3 Å². The lowest BCUT2D eigenvalue weighted by Gasteiger charge is -2.44. The maximum atomic E-state index is 12.2. The molecule has 2 atom stereocenters. The molecule has 1 amide bonds. The van der Waals surface area contributed by atoms with Crippen molar-refractivity contribution in [3.05, 3.63) is 60.2 Å². The molecule has 20 heavy (non-hydrogen) atoms. The number of hydrogen-bond donors (Lipinski definition) is 2. The minimum absolute atomic E-state index is 0.152. The third kappa shape index (κ3) is 1.93. The summed E-state index contributed by atoms with van der Waals surface area (Å²) in [6.07, 6.45) is -0.884. The van der Waals surface area contributed by atoms with Crippen LogP contribution >= 0.6 is 0 Å². The molecule has 2 aromatic rings. The van der Waals surface area contributed by atoms with Gasteiger partial charge in [-0.05, 0) is 29.8 Å². The molecule has 1 saturated heterocycles. The highest BCUT2D eigenvalue weighted by molar-refractivity contribution is 6.05. The summed E-state index contributed by atoms with van der Waals surface area (Å²) in [5.41, 5.74) is 1.37. The molecule has 2 N–H and O–H groups in total. The Bertz CT molecular complexity index is 612. The molecule has 0 radical (unpaired) electrons. The van der Waals surface area contributed by atoms with E-state index in [0.717, 1.165) is 5.56 Å². The van der Waals surface area contributed by atoms with Gasteiger partial charge in [0.25, 0.3) is 0 Å². The van der Waals surface area contributed by atoms with E-state index in [4.69, 9.17) is 5.26 Å². The van der Waals surface area contributed by atoms with Crippen molar-refractivity contribution in [1.82, 2.24) is 0 Å². The van der Waals surface area contributed by atoms with Crippen LogP contribution in [0.2, 0.25) is 0 Å². The molecule has 1 fully saturated rings. The third-order valence-electron chi connectivity index (χ3n) is 3.45. The first kappa shape index (κ1) is 12.7. The first-order valence-corrected chi connectivity index (χ1v) is 6.20. The number of aliphatic hydroxyl groups is 1. The number of benzene rings is 2. The summed E-state index contributed by atoms with van der Waals surface area (Å²) in [5, 5.41) is 18.7. The molecule has 3 rings (SSSR count). The number of anilines is 1. The topological polar surface area (TPSA) is 70.0 Å². The maximum absolute atomic E-state index is 12.2. The standard InChI is InChI=1S/C15H13NO4/c17-14-13(10-4-2-1-3-5-10)15(18)16(14)11-6-8-12(20-19)9-7-11/h1-9,13-14,17,19H. The number of aliphatic hydroxyl groups excluding tert-OH is 1. The first-order chi connectivity index (χ1) is 9.72. The van der Waals surface area contributed by atoms with Crippen molar-refractivity contribution in [3.63, 3.8) is 0 Å². The van der Waals surface area contributed by atoms with Crippen LogP contribution in [0.3, 0.4) is 0 Å². The Morgan fingerprint density at radius 1 is 1.00 bits per heavy atom. The average molecular weight is 271 g/mol. The molecular formula is C15H13NO4. The van der Waals surface area contributed by atoms with Crippen LogP contribution in [0, 0.1) is 0 Å². The summed E-state index contributed by atoms with van der Waals surface area (Å²) in [7, 11) is 0. The van der Waals surface area contributed by atoms with Gasteiger partial charge in [-0.25, -0.2) is 5.26 Å². The normalized spacial score (nSPS) is 21.5.